The van der Waals surface area contributed by atoms with E-state index in [-0.39, 0.29) is 5.56 Å². The van der Waals surface area contributed by atoms with Crippen LogP contribution in [-0.4, -0.2) is 14.6 Å². The van der Waals surface area contributed by atoms with Crippen molar-refractivity contribution in [1.29, 1.82) is 0 Å². The number of hydrogen-bond donors (Lipinski definition) is 1. The van der Waals surface area contributed by atoms with Gasteiger partial charge in [-0.15, -0.1) is 0 Å². The minimum Gasteiger partial charge on any atom is -0.269 e. The van der Waals surface area contributed by atoms with Crippen LogP contribution < -0.4 is 5.56 Å². The van der Waals surface area contributed by atoms with Crippen LogP contribution in [-0.2, 0) is 0 Å². The summed E-state index contributed by atoms with van der Waals surface area (Å²) in [4.78, 5) is 11.8. The number of aromatic amines is 1. The molecule has 3 rings (SSSR count). The van der Waals surface area contributed by atoms with Crippen LogP contribution >= 0.6 is 15.9 Å². The number of rotatable bonds is 1. The number of halogens is 1. The predicted molar refractivity (Wildman–Crippen MR) is 68.9 cm³/mol. The maximum Gasteiger partial charge on any atom is 0.257 e. The molecular weight excluding hydrogens is 282 g/mol. The highest BCUT2D eigenvalue weighted by Crippen LogP contribution is 2.20. The monoisotopic (exact) mass is 289 g/mol. The molecule has 0 bridgehead atoms. The molecule has 0 saturated heterocycles. The van der Waals surface area contributed by atoms with Crippen molar-refractivity contribution in [3.63, 3.8) is 0 Å². The molecule has 1 aromatic carbocycles. The van der Waals surface area contributed by atoms with Crippen molar-refractivity contribution in [3.8, 4) is 11.4 Å². The summed E-state index contributed by atoms with van der Waals surface area (Å²) in [5.74, 6) is 0.618. The van der Waals surface area contributed by atoms with E-state index in [0.29, 0.717) is 11.5 Å². The van der Waals surface area contributed by atoms with Gasteiger partial charge in [0.15, 0.2) is 5.82 Å². The fourth-order valence-corrected chi connectivity index (χ4v) is 2.18. The van der Waals surface area contributed by atoms with Gasteiger partial charge in [-0.25, -0.2) is 4.40 Å². The Labute approximate surface area is 105 Å². The van der Waals surface area contributed by atoms with Gasteiger partial charge >= 0.3 is 0 Å². The Morgan fingerprint density at radius 3 is 2.82 bits per heavy atom. The number of nitrogens with zero attached hydrogens (tertiary/aromatic N) is 2. The molecule has 0 spiro atoms. The van der Waals surface area contributed by atoms with Gasteiger partial charge in [-0.2, -0.15) is 5.10 Å². The zero-order valence-electron chi connectivity index (χ0n) is 8.72. The molecule has 0 unspecified atom stereocenters. The highest BCUT2D eigenvalue weighted by molar-refractivity contribution is 9.10. The lowest BCUT2D eigenvalue weighted by molar-refractivity contribution is 1.09. The molecule has 0 aliphatic heterocycles. The summed E-state index contributed by atoms with van der Waals surface area (Å²) in [5, 5.41) is 7.03. The van der Waals surface area contributed by atoms with Gasteiger partial charge < -0.3 is 0 Å². The average molecular weight is 290 g/mol. The molecular formula is C12H8BrN3O. The molecule has 0 aliphatic rings. The molecule has 17 heavy (non-hydrogen) atoms. The Morgan fingerprint density at radius 2 is 2.00 bits per heavy atom. The molecule has 0 aliphatic carbocycles. The van der Waals surface area contributed by atoms with E-state index in [1.54, 1.807) is 10.5 Å². The summed E-state index contributed by atoms with van der Waals surface area (Å²) < 4.78 is 2.51. The quantitative estimate of drug-likeness (QED) is 0.748. The van der Waals surface area contributed by atoms with E-state index >= 15 is 0 Å². The third kappa shape index (κ3) is 1.68. The van der Waals surface area contributed by atoms with Gasteiger partial charge in [0, 0.05) is 16.1 Å². The number of benzene rings is 1. The number of nitrogens with one attached hydrogen (secondary N) is 1. The molecule has 1 N–H and O–H groups in total. The first-order valence-electron chi connectivity index (χ1n) is 5.08. The molecule has 84 valence electrons. The topological polar surface area (TPSA) is 50.2 Å². The van der Waals surface area contributed by atoms with Gasteiger partial charge in [-0.05, 0) is 18.2 Å². The van der Waals surface area contributed by atoms with Crippen LogP contribution in [0.25, 0.3) is 17.0 Å². The van der Waals surface area contributed by atoms with Gasteiger partial charge in [0.25, 0.3) is 5.56 Å². The van der Waals surface area contributed by atoms with Gasteiger partial charge in [-0.1, -0.05) is 34.1 Å². The molecule has 5 heteroatoms. The molecule has 0 atom stereocenters. The number of hydrogen-bond acceptors (Lipinski definition) is 2. The molecule has 3 aromatic rings. The maximum absolute atomic E-state index is 11.8. The smallest absolute Gasteiger partial charge is 0.257 e. The summed E-state index contributed by atoms with van der Waals surface area (Å²) in [6.45, 7) is 0. The SMILES string of the molecule is O=c1cccc2[nH]nc(-c3cccc(Br)c3)n12. The second-order valence-electron chi connectivity index (χ2n) is 3.64. The zero-order chi connectivity index (χ0) is 11.8. The summed E-state index contributed by atoms with van der Waals surface area (Å²) >= 11 is 3.40. The molecule has 4 nitrogen and oxygen atoms in total. The summed E-state index contributed by atoms with van der Waals surface area (Å²) in [5.41, 5.74) is 1.48. The Balaban J connectivity index is 2.35. The van der Waals surface area contributed by atoms with Crippen LogP contribution in [0.5, 0.6) is 0 Å². The van der Waals surface area contributed by atoms with E-state index in [2.05, 4.69) is 26.1 Å². The molecule has 2 heterocycles. The lowest BCUT2D eigenvalue weighted by atomic mass is 10.2. The van der Waals surface area contributed by atoms with Crippen molar-refractivity contribution in [1.82, 2.24) is 14.6 Å². The maximum atomic E-state index is 11.8. The van der Waals surface area contributed by atoms with Crippen LogP contribution in [0.4, 0.5) is 0 Å². The Hall–Kier alpha value is -1.88. The van der Waals surface area contributed by atoms with E-state index < -0.39 is 0 Å². The Morgan fingerprint density at radius 1 is 1.18 bits per heavy atom. The van der Waals surface area contributed by atoms with E-state index in [1.807, 2.05) is 30.3 Å². The van der Waals surface area contributed by atoms with Crippen molar-refractivity contribution in [2.45, 2.75) is 0 Å². The molecule has 0 radical (unpaired) electrons. The van der Waals surface area contributed by atoms with Crippen molar-refractivity contribution in [2.24, 2.45) is 0 Å². The lowest BCUT2D eigenvalue weighted by Crippen LogP contribution is -2.11. The number of fused-ring (bicyclic) bond motifs is 1. The zero-order valence-corrected chi connectivity index (χ0v) is 10.3. The minimum atomic E-state index is -0.0915. The summed E-state index contributed by atoms with van der Waals surface area (Å²) in [6, 6.07) is 12.7. The van der Waals surface area contributed by atoms with Crippen LogP contribution in [0.3, 0.4) is 0 Å². The van der Waals surface area contributed by atoms with Gasteiger partial charge in [0.2, 0.25) is 0 Å². The highest BCUT2D eigenvalue weighted by atomic mass is 79.9. The second-order valence-corrected chi connectivity index (χ2v) is 4.56. The largest absolute Gasteiger partial charge is 0.269 e. The van der Waals surface area contributed by atoms with Gasteiger partial charge in [0.05, 0.1) is 0 Å². The van der Waals surface area contributed by atoms with Crippen molar-refractivity contribution >= 4 is 21.6 Å². The highest BCUT2D eigenvalue weighted by Gasteiger charge is 2.08. The van der Waals surface area contributed by atoms with E-state index in [1.165, 1.54) is 6.07 Å². The normalized spacial score (nSPS) is 10.9. The molecule has 2 aromatic heterocycles. The van der Waals surface area contributed by atoms with Crippen LogP contribution in [0, 0.1) is 0 Å². The van der Waals surface area contributed by atoms with Crippen LogP contribution in [0.1, 0.15) is 0 Å². The van der Waals surface area contributed by atoms with Gasteiger partial charge in [-0.3, -0.25) is 9.89 Å². The number of pyridine rings is 1. The standard InChI is InChI=1S/C12H8BrN3O/c13-9-4-1-3-8(7-9)12-15-14-10-5-2-6-11(17)16(10)12/h1-7,14H. The van der Waals surface area contributed by atoms with Crippen molar-refractivity contribution in [3.05, 3.63) is 57.3 Å². The molecule has 0 saturated carbocycles. The van der Waals surface area contributed by atoms with E-state index in [4.69, 9.17) is 0 Å². The van der Waals surface area contributed by atoms with Crippen LogP contribution in [0.2, 0.25) is 0 Å². The number of H-pyrrole nitrogens is 1. The second kappa shape index (κ2) is 3.85. The third-order valence-electron chi connectivity index (χ3n) is 2.53. The van der Waals surface area contributed by atoms with Crippen LogP contribution in [0.15, 0.2) is 51.7 Å². The average Bonchev–Trinajstić information content (AvgIpc) is 2.74. The fraction of sp³-hybridized carbons (Fsp3) is 0. The summed E-state index contributed by atoms with van der Waals surface area (Å²) in [7, 11) is 0. The number of aromatic nitrogens is 3. The third-order valence-corrected chi connectivity index (χ3v) is 3.02. The summed E-state index contributed by atoms with van der Waals surface area (Å²) in [6.07, 6.45) is 0. The Bertz CT molecular complexity index is 745. The van der Waals surface area contributed by atoms with Crippen molar-refractivity contribution < 1.29 is 0 Å². The molecule has 0 fully saturated rings. The van der Waals surface area contributed by atoms with Gasteiger partial charge in [0.1, 0.15) is 5.65 Å². The van der Waals surface area contributed by atoms with Crippen molar-refractivity contribution in [2.75, 3.05) is 0 Å². The first-order chi connectivity index (χ1) is 8.25. The first-order valence-corrected chi connectivity index (χ1v) is 5.87. The molecule has 0 amide bonds. The first kappa shape index (κ1) is 10.3. The minimum absolute atomic E-state index is 0.0915. The Kier molecular flexibility index (Phi) is 2.33. The predicted octanol–water partition coefficient (Wildman–Crippen LogP) is 2.45. The fourth-order valence-electron chi connectivity index (χ4n) is 1.78. The van der Waals surface area contributed by atoms with E-state index in [0.717, 1.165) is 10.0 Å². The lowest BCUT2D eigenvalue weighted by Gasteiger charge is -1.99. The van der Waals surface area contributed by atoms with E-state index in [9.17, 15) is 4.79 Å².